The normalized spacial score (nSPS) is 16.6. The number of carboxylic acids is 1. The number of sulfonamides is 1. The van der Waals surface area contributed by atoms with Crippen molar-refractivity contribution >= 4 is 16.0 Å². The molecular weight excluding hydrogens is 268 g/mol. The number of aromatic carboxylic acids is 1. The Morgan fingerprint density at radius 2 is 2.16 bits per heavy atom. The van der Waals surface area contributed by atoms with Crippen molar-refractivity contribution in [2.24, 2.45) is 7.05 Å². The van der Waals surface area contributed by atoms with Crippen molar-refractivity contribution in [3.63, 3.8) is 0 Å². The Hall–Kier alpha value is -1.34. The van der Waals surface area contributed by atoms with Gasteiger partial charge in [-0.05, 0) is 18.9 Å². The first kappa shape index (κ1) is 14.1. The molecular formula is C12H18N2O4S. The van der Waals surface area contributed by atoms with Gasteiger partial charge < -0.3 is 9.67 Å². The Labute approximate surface area is 112 Å². The van der Waals surface area contributed by atoms with E-state index in [0.29, 0.717) is 6.54 Å². The van der Waals surface area contributed by atoms with Crippen molar-refractivity contribution in [1.29, 1.82) is 0 Å². The molecule has 6 nitrogen and oxygen atoms in total. The molecule has 1 aromatic heterocycles. The van der Waals surface area contributed by atoms with E-state index in [1.165, 1.54) is 28.2 Å². The number of aromatic nitrogens is 1. The number of hydrogen-bond acceptors (Lipinski definition) is 3. The van der Waals surface area contributed by atoms with Crippen molar-refractivity contribution in [2.75, 3.05) is 6.54 Å². The van der Waals surface area contributed by atoms with Crippen molar-refractivity contribution in [3.8, 4) is 0 Å². The smallest absolute Gasteiger partial charge is 0.352 e. The van der Waals surface area contributed by atoms with Crippen LogP contribution in [-0.2, 0) is 17.1 Å². The van der Waals surface area contributed by atoms with Crippen molar-refractivity contribution < 1.29 is 18.3 Å². The molecule has 1 aliphatic rings. The molecule has 1 heterocycles. The lowest BCUT2D eigenvalue weighted by molar-refractivity contribution is 0.0686. The monoisotopic (exact) mass is 286 g/mol. The average Bonchev–Trinajstić information content (AvgIpc) is 2.65. The highest BCUT2D eigenvalue weighted by Crippen LogP contribution is 2.30. The third-order valence-electron chi connectivity index (χ3n) is 3.60. The minimum Gasteiger partial charge on any atom is -0.477 e. The van der Waals surface area contributed by atoms with Crippen molar-refractivity contribution in [3.05, 3.63) is 18.0 Å². The average molecular weight is 286 g/mol. The number of carboxylic acid groups (broad SMARTS) is 1. The van der Waals surface area contributed by atoms with Gasteiger partial charge in [-0.25, -0.2) is 13.2 Å². The summed E-state index contributed by atoms with van der Waals surface area (Å²) in [5.41, 5.74) is -0.0248. The van der Waals surface area contributed by atoms with Crippen LogP contribution in [0, 0.1) is 0 Å². The molecule has 1 aromatic rings. The largest absolute Gasteiger partial charge is 0.477 e. The van der Waals surface area contributed by atoms with Gasteiger partial charge in [-0.2, -0.15) is 4.31 Å². The van der Waals surface area contributed by atoms with Crippen molar-refractivity contribution in [2.45, 2.75) is 37.1 Å². The van der Waals surface area contributed by atoms with E-state index in [-0.39, 0.29) is 16.6 Å². The van der Waals surface area contributed by atoms with Gasteiger partial charge in [0.05, 0.1) is 0 Å². The van der Waals surface area contributed by atoms with Gasteiger partial charge in [-0.15, -0.1) is 0 Å². The molecule has 0 atom stereocenters. The van der Waals surface area contributed by atoms with Gasteiger partial charge in [0.15, 0.2) is 0 Å². The fourth-order valence-electron chi connectivity index (χ4n) is 2.32. The lowest BCUT2D eigenvalue weighted by Gasteiger charge is -2.35. The van der Waals surface area contributed by atoms with Crippen LogP contribution in [0.3, 0.4) is 0 Å². The second-order valence-electron chi connectivity index (χ2n) is 4.77. The van der Waals surface area contributed by atoms with E-state index in [1.54, 1.807) is 6.92 Å². The minimum atomic E-state index is -3.60. The maximum absolute atomic E-state index is 12.5. The van der Waals surface area contributed by atoms with Crippen LogP contribution in [0.2, 0.25) is 0 Å². The Bertz CT molecular complexity index is 587. The fourth-order valence-corrected chi connectivity index (χ4v) is 4.09. The van der Waals surface area contributed by atoms with Gasteiger partial charge in [-0.3, -0.25) is 0 Å². The van der Waals surface area contributed by atoms with E-state index in [2.05, 4.69) is 0 Å². The van der Waals surface area contributed by atoms with Gasteiger partial charge in [0.25, 0.3) is 0 Å². The molecule has 0 spiro atoms. The molecule has 0 bridgehead atoms. The van der Waals surface area contributed by atoms with Crippen LogP contribution in [0.25, 0.3) is 0 Å². The van der Waals surface area contributed by atoms with E-state index >= 15 is 0 Å². The fraction of sp³-hybridized carbons (Fsp3) is 0.583. The molecule has 1 N–H and O–H groups in total. The second-order valence-corrected chi connectivity index (χ2v) is 6.66. The first-order valence-corrected chi connectivity index (χ1v) is 7.73. The quantitative estimate of drug-likeness (QED) is 0.884. The number of aryl methyl sites for hydroxylation is 1. The SMILES string of the molecule is CCN(C1CCC1)S(=O)(=O)c1cc(C(=O)O)n(C)c1. The molecule has 7 heteroatoms. The van der Waals surface area contributed by atoms with Gasteiger partial charge in [0.1, 0.15) is 10.6 Å². The molecule has 0 unspecified atom stereocenters. The van der Waals surface area contributed by atoms with Gasteiger partial charge in [-0.1, -0.05) is 13.3 Å². The summed E-state index contributed by atoms with van der Waals surface area (Å²) in [6.07, 6.45) is 4.17. The molecule has 0 radical (unpaired) electrons. The Balaban J connectivity index is 2.38. The van der Waals surface area contributed by atoms with E-state index in [9.17, 15) is 13.2 Å². The summed E-state index contributed by atoms with van der Waals surface area (Å²) in [6, 6.07) is 1.28. The first-order chi connectivity index (χ1) is 8.87. The van der Waals surface area contributed by atoms with E-state index < -0.39 is 16.0 Å². The molecule has 1 fully saturated rings. The molecule has 19 heavy (non-hydrogen) atoms. The Kier molecular flexibility index (Phi) is 3.69. The van der Waals surface area contributed by atoms with E-state index in [1.807, 2.05) is 0 Å². The zero-order chi connectivity index (χ0) is 14.2. The summed E-state index contributed by atoms with van der Waals surface area (Å²) in [4.78, 5) is 11.0. The number of carbonyl (C=O) groups is 1. The summed E-state index contributed by atoms with van der Waals surface area (Å²) in [6.45, 7) is 2.21. The molecule has 1 saturated carbocycles. The summed E-state index contributed by atoms with van der Waals surface area (Å²) >= 11 is 0. The van der Waals surface area contributed by atoms with Gasteiger partial charge >= 0.3 is 5.97 Å². The Morgan fingerprint density at radius 3 is 2.53 bits per heavy atom. The number of hydrogen-bond donors (Lipinski definition) is 1. The van der Waals surface area contributed by atoms with Crippen LogP contribution < -0.4 is 0 Å². The molecule has 0 aromatic carbocycles. The summed E-state index contributed by atoms with van der Waals surface area (Å²) < 4.78 is 27.8. The van der Waals surface area contributed by atoms with Crippen LogP contribution in [0.4, 0.5) is 0 Å². The third-order valence-corrected chi connectivity index (χ3v) is 5.59. The second kappa shape index (κ2) is 4.97. The predicted molar refractivity (Wildman–Crippen MR) is 69.6 cm³/mol. The lowest BCUT2D eigenvalue weighted by Crippen LogP contribution is -2.43. The van der Waals surface area contributed by atoms with Crippen molar-refractivity contribution in [1.82, 2.24) is 8.87 Å². The van der Waals surface area contributed by atoms with Crippen LogP contribution in [0.1, 0.15) is 36.7 Å². The summed E-state index contributed by atoms with van der Waals surface area (Å²) in [5.74, 6) is -1.13. The highest BCUT2D eigenvalue weighted by molar-refractivity contribution is 7.89. The lowest BCUT2D eigenvalue weighted by atomic mass is 9.93. The molecule has 2 rings (SSSR count). The van der Waals surface area contributed by atoms with Gasteiger partial charge in [0, 0.05) is 25.8 Å². The summed E-state index contributed by atoms with van der Waals surface area (Å²) in [5, 5.41) is 8.98. The Morgan fingerprint density at radius 1 is 1.53 bits per heavy atom. The zero-order valence-electron chi connectivity index (χ0n) is 11.0. The predicted octanol–water partition coefficient (Wildman–Crippen LogP) is 1.29. The molecule has 0 amide bonds. The van der Waals surface area contributed by atoms with Crippen LogP contribution in [0.15, 0.2) is 17.2 Å². The zero-order valence-corrected chi connectivity index (χ0v) is 11.9. The molecule has 0 saturated heterocycles. The standard InChI is InChI=1S/C12H18N2O4S/c1-3-14(9-5-4-6-9)19(17,18)10-7-11(12(15)16)13(2)8-10/h7-9H,3-6H2,1-2H3,(H,15,16). The van der Waals surface area contributed by atoms with Gasteiger partial charge in [0.2, 0.25) is 10.0 Å². The topological polar surface area (TPSA) is 79.6 Å². The first-order valence-electron chi connectivity index (χ1n) is 6.29. The van der Waals surface area contributed by atoms with Crippen LogP contribution >= 0.6 is 0 Å². The van der Waals surface area contributed by atoms with E-state index in [0.717, 1.165) is 19.3 Å². The summed E-state index contributed by atoms with van der Waals surface area (Å²) in [7, 11) is -2.07. The molecule has 1 aliphatic carbocycles. The highest BCUT2D eigenvalue weighted by atomic mass is 32.2. The van der Waals surface area contributed by atoms with Crippen LogP contribution in [0.5, 0.6) is 0 Å². The van der Waals surface area contributed by atoms with E-state index in [4.69, 9.17) is 5.11 Å². The van der Waals surface area contributed by atoms with Crippen LogP contribution in [-0.4, -0.2) is 41.0 Å². The highest BCUT2D eigenvalue weighted by Gasteiger charge is 2.34. The minimum absolute atomic E-state index is 0.0248. The molecule has 0 aliphatic heterocycles. The maximum atomic E-state index is 12.5. The molecule has 106 valence electrons. The number of nitrogens with zero attached hydrogens (tertiary/aromatic N) is 2. The third kappa shape index (κ3) is 2.40. The number of rotatable bonds is 5. The maximum Gasteiger partial charge on any atom is 0.352 e.